The van der Waals surface area contributed by atoms with E-state index in [1.807, 2.05) is 6.07 Å². The SMILES string of the molecule is CC(C)[C@@](C)(C#N)NC(=O)COC(=O)CN1C(=O)c2cc(Cl)c(Cl)cc2C1=O. The summed E-state index contributed by atoms with van der Waals surface area (Å²) in [5.41, 5.74) is -1.05. The summed E-state index contributed by atoms with van der Waals surface area (Å²) in [5.74, 6) is -3.22. The van der Waals surface area contributed by atoms with E-state index in [1.54, 1.807) is 20.8 Å². The van der Waals surface area contributed by atoms with E-state index in [2.05, 4.69) is 5.32 Å². The first-order chi connectivity index (χ1) is 13.0. The lowest BCUT2D eigenvalue weighted by Crippen LogP contribution is -2.50. The Bertz CT molecular complexity index is 868. The number of fused-ring (bicyclic) bond motifs is 1. The zero-order valence-electron chi connectivity index (χ0n) is 15.3. The van der Waals surface area contributed by atoms with Crippen LogP contribution in [-0.4, -0.2) is 47.3 Å². The van der Waals surface area contributed by atoms with Crippen molar-refractivity contribution in [2.45, 2.75) is 26.3 Å². The molecule has 1 atom stereocenters. The van der Waals surface area contributed by atoms with E-state index >= 15 is 0 Å². The van der Waals surface area contributed by atoms with Crippen LogP contribution in [0, 0.1) is 17.2 Å². The van der Waals surface area contributed by atoms with Crippen LogP contribution in [-0.2, 0) is 14.3 Å². The van der Waals surface area contributed by atoms with Gasteiger partial charge in [0.1, 0.15) is 12.1 Å². The molecule has 0 aromatic heterocycles. The van der Waals surface area contributed by atoms with Gasteiger partial charge in [-0.05, 0) is 25.0 Å². The number of amides is 3. The fourth-order valence-electron chi connectivity index (χ4n) is 2.38. The smallest absolute Gasteiger partial charge is 0.326 e. The Morgan fingerprint density at radius 2 is 1.71 bits per heavy atom. The van der Waals surface area contributed by atoms with E-state index in [4.69, 9.17) is 27.9 Å². The molecule has 3 amide bonds. The molecule has 10 heteroatoms. The van der Waals surface area contributed by atoms with Crippen molar-refractivity contribution >= 4 is 46.9 Å². The lowest BCUT2D eigenvalue weighted by Gasteiger charge is -2.27. The minimum atomic E-state index is -1.12. The first-order valence-corrected chi connectivity index (χ1v) is 8.99. The second-order valence-corrected chi connectivity index (χ2v) is 7.50. The number of benzene rings is 1. The van der Waals surface area contributed by atoms with Gasteiger partial charge in [-0.15, -0.1) is 0 Å². The summed E-state index contributed by atoms with van der Waals surface area (Å²) in [4.78, 5) is 49.3. The predicted octanol–water partition coefficient (Wildman–Crippen LogP) is 2.19. The summed E-state index contributed by atoms with van der Waals surface area (Å²) in [7, 11) is 0. The van der Waals surface area contributed by atoms with Crippen LogP contribution >= 0.6 is 23.2 Å². The Balaban J connectivity index is 1.97. The highest BCUT2D eigenvalue weighted by Crippen LogP contribution is 2.31. The third-order valence-electron chi connectivity index (χ3n) is 4.45. The zero-order chi connectivity index (χ0) is 21.2. The van der Waals surface area contributed by atoms with Crippen LogP contribution < -0.4 is 5.32 Å². The maximum absolute atomic E-state index is 12.3. The highest BCUT2D eigenvalue weighted by molar-refractivity contribution is 6.43. The minimum Gasteiger partial charge on any atom is -0.454 e. The molecule has 2 rings (SSSR count). The van der Waals surface area contributed by atoms with Crippen molar-refractivity contribution in [1.82, 2.24) is 10.2 Å². The lowest BCUT2D eigenvalue weighted by atomic mass is 9.90. The lowest BCUT2D eigenvalue weighted by molar-refractivity contribution is -0.149. The second kappa shape index (κ2) is 8.17. The summed E-state index contributed by atoms with van der Waals surface area (Å²) < 4.78 is 4.82. The first-order valence-electron chi connectivity index (χ1n) is 8.23. The van der Waals surface area contributed by atoms with Gasteiger partial charge in [-0.2, -0.15) is 5.26 Å². The van der Waals surface area contributed by atoms with Crippen molar-refractivity contribution in [2.75, 3.05) is 13.2 Å². The molecule has 1 aromatic carbocycles. The quantitative estimate of drug-likeness (QED) is 0.551. The number of carbonyl (C=O) groups is 4. The van der Waals surface area contributed by atoms with Gasteiger partial charge in [0.15, 0.2) is 6.61 Å². The average Bonchev–Trinajstić information content (AvgIpc) is 2.85. The summed E-state index contributed by atoms with van der Waals surface area (Å²) in [6, 6.07) is 4.51. The molecule has 8 nitrogen and oxygen atoms in total. The summed E-state index contributed by atoms with van der Waals surface area (Å²) >= 11 is 11.7. The van der Waals surface area contributed by atoms with Crippen molar-refractivity contribution in [3.8, 4) is 6.07 Å². The Morgan fingerprint density at radius 3 is 2.14 bits per heavy atom. The number of halogens is 2. The summed E-state index contributed by atoms with van der Waals surface area (Å²) in [6.45, 7) is 3.75. The monoisotopic (exact) mass is 425 g/mol. The van der Waals surface area contributed by atoms with Crippen molar-refractivity contribution in [1.29, 1.82) is 5.26 Å². The number of carbonyl (C=O) groups excluding carboxylic acids is 4. The number of hydrogen-bond donors (Lipinski definition) is 1. The average molecular weight is 426 g/mol. The Kier molecular flexibility index (Phi) is 6.32. The number of hydrogen-bond acceptors (Lipinski definition) is 6. The molecule has 1 aliphatic rings. The van der Waals surface area contributed by atoms with Gasteiger partial charge in [-0.3, -0.25) is 24.1 Å². The molecule has 0 unspecified atom stereocenters. The molecular weight excluding hydrogens is 409 g/mol. The highest BCUT2D eigenvalue weighted by atomic mass is 35.5. The van der Waals surface area contributed by atoms with Crippen LogP contribution in [0.5, 0.6) is 0 Å². The minimum absolute atomic E-state index is 0.0339. The number of nitrogens with zero attached hydrogens (tertiary/aromatic N) is 2. The number of esters is 1. The summed E-state index contributed by atoms with van der Waals surface area (Å²) in [6.07, 6.45) is 0. The summed E-state index contributed by atoms with van der Waals surface area (Å²) in [5, 5.41) is 11.9. The molecule has 28 heavy (non-hydrogen) atoms. The zero-order valence-corrected chi connectivity index (χ0v) is 16.8. The van der Waals surface area contributed by atoms with Gasteiger partial charge < -0.3 is 10.1 Å². The molecule has 1 aliphatic heterocycles. The van der Waals surface area contributed by atoms with Gasteiger partial charge in [0.25, 0.3) is 17.7 Å². The molecule has 0 saturated heterocycles. The Labute approximate surface area is 171 Å². The topological polar surface area (TPSA) is 117 Å². The van der Waals surface area contributed by atoms with Crippen LogP contribution in [0.25, 0.3) is 0 Å². The second-order valence-electron chi connectivity index (χ2n) is 6.69. The van der Waals surface area contributed by atoms with E-state index < -0.39 is 42.4 Å². The molecule has 1 heterocycles. The van der Waals surface area contributed by atoms with Crippen molar-refractivity contribution < 1.29 is 23.9 Å². The molecule has 0 fully saturated rings. The molecular formula is C18H17Cl2N3O5. The van der Waals surface area contributed by atoms with E-state index in [-0.39, 0.29) is 27.1 Å². The van der Waals surface area contributed by atoms with Gasteiger partial charge >= 0.3 is 5.97 Å². The van der Waals surface area contributed by atoms with Crippen LogP contribution in [0.2, 0.25) is 10.0 Å². The number of nitriles is 1. The van der Waals surface area contributed by atoms with Crippen molar-refractivity contribution in [3.63, 3.8) is 0 Å². The van der Waals surface area contributed by atoms with Crippen LogP contribution in [0.4, 0.5) is 0 Å². The maximum Gasteiger partial charge on any atom is 0.326 e. The number of ether oxygens (including phenoxy) is 1. The Hall–Kier alpha value is -2.63. The van der Waals surface area contributed by atoms with E-state index in [0.717, 1.165) is 0 Å². The van der Waals surface area contributed by atoms with Crippen molar-refractivity contribution in [3.05, 3.63) is 33.3 Å². The molecule has 0 saturated carbocycles. The van der Waals surface area contributed by atoms with E-state index in [9.17, 15) is 24.4 Å². The third-order valence-corrected chi connectivity index (χ3v) is 5.17. The molecule has 1 aromatic rings. The molecule has 0 spiro atoms. The Morgan fingerprint density at radius 1 is 1.21 bits per heavy atom. The standard InChI is InChI=1S/C18H17Cl2N3O5/c1-9(2)18(3,8-21)22-14(24)7-28-15(25)6-23-16(26)10-4-12(19)13(20)5-11(10)17(23)27/h4-5,9H,6-7H2,1-3H3,(H,22,24)/t18-/m1/s1. The van der Waals surface area contributed by atoms with Gasteiger partial charge in [0.2, 0.25) is 0 Å². The number of nitrogens with one attached hydrogen (secondary N) is 1. The van der Waals surface area contributed by atoms with E-state index in [0.29, 0.717) is 4.90 Å². The van der Waals surface area contributed by atoms with E-state index in [1.165, 1.54) is 12.1 Å². The fraction of sp³-hybridized carbons (Fsp3) is 0.389. The van der Waals surface area contributed by atoms with Crippen molar-refractivity contribution in [2.24, 2.45) is 5.92 Å². The third kappa shape index (κ3) is 4.26. The maximum atomic E-state index is 12.3. The van der Waals surface area contributed by atoms with Gasteiger partial charge in [-0.25, -0.2) is 0 Å². The molecule has 0 aliphatic carbocycles. The highest BCUT2D eigenvalue weighted by Gasteiger charge is 2.38. The fourth-order valence-corrected chi connectivity index (χ4v) is 2.70. The normalized spacial score (nSPS) is 15.1. The predicted molar refractivity (Wildman–Crippen MR) is 99.8 cm³/mol. The molecule has 148 valence electrons. The molecule has 0 bridgehead atoms. The van der Waals surface area contributed by atoms with Gasteiger partial charge in [0, 0.05) is 0 Å². The van der Waals surface area contributed by atoms with Crippen LogP contribution in [0.1, 0.15) is 41.5 Å². The largest absolute Gasteiger partial charge is 0.454 e. The first kappa shape index (κ1) is 21.7. The number of imide groups is 1. The van der Waals surface area contributed by atoms with Crippen LogP contribution in [0.3, 0.4) is 0 Å². The number of rotatable bonds is 6. The molecule has 1 N–H and O–H groups in total. The molecule has 0 radical (unpaired) electrons. The van der Waals surface area contributed by atoms with Crippen LogP contribution in [0.15, 0.2) is 12.1 Å². The van der Waals surface area contributed by atoms with Gasteiger partial charge in [0.05, 0.1) is 27.2 Å². The van der Waals surface area contributed by atoms with Gasteiger partial charge in [-0.1, -0.05) is 37.0 Å².